The SMILES string of the molecule is Cc1nc(CC(=O)c2ccnnc2)sc1C. The lowest BCUT2D eigenvalue weighted by Crippen LogP contribution is -2.04. The van der Waals surface area contributed by atoms with Gasteiger partial charge in [0.15, 0.2) is 5.78 Å². The number of hydrogen-bond donors (Lipinski definition) is 0. The van der Waals surface area contributed by atoms with Crippen LogP contribution in [0.4, 0.5) is 0 Å². The summed E-state index contributed by atoms with van der Waals surface area (Å²) in [6.45, 7) is 3.96. The summed E-state index contributed by atoms with van der Waals surface area (Å²) in [5.74, 6) is 0.0312. The zero-order valence-corrected chi connectivity index (χ0v) is 9.91. The number of hydrogen-bond acceptors (Lipinski definition) is 5. The number of aryl methyl sites for hydroxylation is 2. The van der Waals surface area contributed by atoms with Crippen LogP contribution in [0.2, 0.25) is 0 Å². The maximum atomic E-state index is 11.8. The summed E-state index contributed by atoms with van der Waals surface area (Å²) in [7, 11) is 0. The van der Waals surface area contributed by atoms with Crippen LogP contribution < -0.4 is 0 Å². The minimum atomic E-state index is 0.0312. The number of rotatable bonds is 3. The van der Waals surface area contributed by atoms with Gasteiger partial charge in [0.05, 0.1) is 24.5 Å². The van der Waals surface area contributed by atoms with Gasteiger partial charge in [-0.2, -0.15) is 10.2 Å². The van der Waals surface area contributed by atoms with Gasteiger partial charge >= 0.3 is 0 Å². The van der Waals surface area contributed by atoms with E-state index in [2.05, 4.69) is 15.2 Å². The van der Waals surface area contributed by atoms with Gasteiger partial charge in [-0.1, -0.05) is 0 Å². The van der Waals surface area contributed by atoms with E-state index in [0.29, 0.717) is 12.0 Å². The largest absolute Gasteiger partial charge is 0.294 e. The molecule has 0 aliphatic heterocycles. The van der Waals surface area contributed by atoms with Gasteiger partial charge in [0, 0.05) is 10.4 Å². The third-order valence-corrected chi connectivity index (χ3v) is 3.36. The van der Waals surface area contributed by atoms with Crippen molar-refractivity contribution in [3.05, 3.63) is 39.6 Å². The first kappa shape index (κ1) is 10.9. The van der Waals surface area contributed by atoms with Crippen LogP contribution in [0.5, 0.6) is 0 Å². The van der Waals surface area contributed by atoms with E-state index >= 15 is 0 Å². The van der Waals surface area contributed by atoms with Crippen LogP contribution >= 0.6 is 11.3 Å². The Bertz CT molecular complexity index is 488. The van der Waals surface area contributed by atoms with Crippen molar-refractivity contribution in [3.63, 3.8) is 0 Å². The van der Waals surface area contributed by atoms with Crippen LogP contribution in [0, 0.1) is 13.8 Å². The normalized spacial score (nSPS) is 10.4. The topological polar surface area (TPSA) is 55.7 Å². The monoisotopic (exact) mass is 233 g/mol. The van der Waals surface area contributed by atoms with Gasteiger partial charge in [0.1, 0.15) is 5.01 Å². The van der Waals surface area contributed by atoms with Crippen molar-refractivity contribution in [1.82, 2.24) is 15.2 Å². The molecule has 16 heavy (non-hydrogen) atoms. The summed E-state index contributed by atoms with van der Waals surface area (Å²) in [4.78, 5) is 17.3. The highest BCUT2D eigenvalue weighted by Gasteiger charge is 2.11. The van der Waals surface area contributed by atoms with E-state index in [4.69, 9.17) is 0 Å². The standard InChI is InChI=1S/C11H11N3OS/c1-7-8(2)16-11(14-7)5-10(15)9-3-4-12-13-6-9/h3-4,6H,5H2,1-2H3. The van der Waals surface area contributed by atoms with Crippen LogP contribution in [0.3, 0.4) is 0 Å². The molecule has 4 nitrogen and oxygen atoms in total. The first-order valence-electron chi connectivity index (χ1n) is 4.89. The van der Waals surface area contributed by atoms with Gasteiger partial charge in [-0.15, -0.1) is 11.3 Å². The lowest BCUT2D eigenvalue weighted by molar-refractivity contribution is 0.0992. The van der Waals surface area contributed by atoms with Crippen LogP contribution in [-0.4, -0.2) is 21.0 Å². The fraction of sp³-hybridized carbons (Fsp3) is 0.273. The quantitative estimate of drug-likeness (QED) is 0.761. The van der Waals surface area contributed by atoms with Gasteiger partial charge < -0.3 is 0 Å². The average molecular weight is 233 g/mol. The lowest BCUT2D eigenvalue weighted by Gasteiger charge is -1.96. The molecule has 0 fully saturated rings. The fourth-order valence-corrected chi connectivity index (χ4v) is 2.24. The number of ketones is 1. The van der Waals surface area contributed by atoms with Crippen molar-refractivity contribution < 1.29 is 4.79 Å². The molecule has 0 saturated heterocycles. The molecule has 82 valence electrons. The highest BCUT2D eigenvalue weighted by molar-refractivity contribution is 7.11. The minimum absolute atomic E-state index is 0.0312. The van der Waals surface area contributed by atoms with Crippen molar-refractivity contribution in [1.29, 1.82) is 0 Å². The third-order valence-electron chi connectivity index (χ3n) is 2.29. The number of carbonyl (C=O) groups excluding carboxylic acids is 1. The van der Waals surface area contributed by atoms with Crippen LogP contribution in [0.15, 0.2) is 18.5 Å². The molecule has 2 rings (SSSR count). The molecule has 0 aliphatic rings. The Morgan fingerprint density at radius 3 is 2.75 bits per heavy atom. The van der Waals surface area contributed by atoms with Crippen LogP contribution in [-0.2, 0) is 6.42 Å². The molecule has 0 N–H and O–H groups in total. The highest BCUT2D eigenvalue weighted by Crippen LogP contribution is 2.17. The number of carbonyl (C=O) groups is 1. The Kier molecular flexibility index (Phi) is 3.05. The Morgan fingerprint density at radius 1 is 1.38 bits per heavy atom. The fourth-order valence-electron chi connectivity index (χ4n) is 1.31. The van der Waals surface area contributed by atoms with Crippen LogP contribution in [0.1, 0.15) is 25.9 Å². The minimum Gasteiger partial charge on any atom is -0.294 e. The molecule has 2 heterocycles. The van der Waals surface area contributed by atoms with Crippen molar-refractivity contribution in [3.8, 4) is 0 Å². The zero-order chi connectivity index (χ0) is 11.5. The molecule has 2 aromatic heterocycles. The van der Waals surface area contributed by atoms with Crippen molar-refractivity contribution >= 4 is 17.1 Å². The van der Waals surface area contributed by atoms with Gasteiger partial charge in [0.2, 0.25) is 0 Å². The maximum Gasteiger partial charge on any atom is 0.171 e. The second-order valence-corrected chi connectivity index (χ2v) is 4.77. The highest BCUT2D eigenvalue weighted by atomic mass is 32.1. The molecule has 2 aromatic rings. The zero-order valence-electron chi connectivity index (χ0n) is 9.10. The molecule has 0 unspecified atom stereocenters. The smallest absolute Gasteiger partial charge is 0.171 e. The molecule has 0 aliphatic carbocycles. The average Bonchev–Trinajstić information content (AvgIpc) is 2.59. The number of nitrogens with zero attached hydrogens (tertiary/aromatic N) is 3. The molecule has 0 bridgehead atoms. The van der Waals surface area contributed by atoms with Crippen molar-refractivity contribution in [2.45, 2.75) is 20.3 Å². The van der Waals surface area contributed by atoms with Crippen molar-refractivity contribution in [2.75, 3.05) is 0 Å². The van der Waals surface area contributed by atoms with E-state index in [9.17, 15) is 4.79 Å². The number of thiazole rings is 1. The molecule has 0 amide bonds. The molecule has 0 radical (unpaired) electrons. The Morgan fingerprint density at radius 2 is 2.19 bits per heavy atom. The number of aromatic nitrogens is 3. The Balaban J connectivity index is 2.14. The summed E-state index contributed by atoms with van der Waals surface area (Å²) in [6, 6.07) is 1.67. The predicted molar refractivity (Wildman–Crippen MR) is 61.7 cm³/mol. The van der Waals surface area contributed by atoms with E-state index < -0.39 is 0 Å². The molecule has 0 saturated carbocycles. The molecule has 0 atom stereocenters. The summed E-state index contributed by atoms with van der Waals surface area (Å²) in [5.41, 5.74) is 1.58. The Hall–Kier alpha value is -1.62. The van der Waals surface area contributed by atoms with Gasteiger partial charge in [-0.25, -0.2) is 4.98 Å². The van der Waals surface area contributed by atoms with E-state index in [1.54, 1.807) is 17.4 Å². The molecular weight excluding hydrogens is 222 g/mol. The number of Topliss-reactive ketones (excluding diaryl/α,β-unsaturated/α-hetero) is 1. The predicted octanol–water partition coefficient (Wildman–Crippen LogP) is 1.98. The Labute approximate surface area is 97.4 Å². The van der Waals surface area contributed by atoms with E-state index in [-0.39, 0.29) is 5.78 Å². The summed E-state index contributed by atoms with van der Waals surface area (Å²) >= 11 is 1.57. The second kappa shape index (κ2) is 4.49. The molecule has 5 heteroatoms. The summed E-state index contributed by atoms with van der Waals surface area (Å²) in [6.07, 6.45) is 3.34. The van der Waals surface area contributed by atoms with Gasteiger partial charge in [-0.05, 0) is 19.9 Å². The van der Waals surface area contributed by atoms with E-state index in [1.807, 2.05) is 13.8 Å². The molecule has 0 aromatic carbocycles. The molecule has 0 spiro atoms. The van der Waals surface area contributed by atoms with Crippen LogP contribution in [0.25, 0.3) is 0 Å². The van der Waals surface area contributed by atoms with Crippen molar-refractivity contribution in [2.24, 2.45) is 0 Å². The second-order valence-electron chi connectivity index (χ2n) is 3.48. The maximum absolute atomic E-state index is 11.8. The van der Waals surface area contributed by atoms with Gasteiger partial charge in [-0.3, -0.25) is 4.79 Å². The first-order valence-corrected chi connectivity index (χ1v) is 5.71. The summed E-state index contributed by atoms with van der Waals surface area (Å²) < 4.78 is 0. The summed E-state index contributed by atoms with van der Waals surface area (Å²) in [5, 5.41) is 8.18. The van der Waals surface area contributed by atoms with E-state index in [0.717, 1.165) is 15.6 Å². The molecular formula is C11H11N3OS. The van der Waals surface area contributed by atoms with Gasteiger partial charge in [0.25, 0.3) is 0 Å². The lowest BCUT2D eigenvalue weighted by atomic mass is 10.1. The first-order chi connectivity index (χ1) is 7.66. The third kappa shape index (κ3) is 2.30. The van der Waals surface area contributed by atoms with E-state index in [1.165, 1.54) is 12.4 Å².